The molecule has 1 spiro atoms. The summed E-state index contributed by atoms with van der Waals surface area (Å²) in [7, 11) is 0. The Morgan fingerprint density at radius 3 is 2.54 bits per heavy atom. The summed E-state index contributed by atoms with van der Waals surface area (Å²) < 4.78 is 35.0. The third kappa shape index (κ3) is 5.26. The third-order valence-electron chi connectivity index (χ3n) is 9.01. The van der Waals surface area contributed by atoms with E-state index in [2.05, 4.69) is 26.3 Å². The summed E-state index contributed by atoms with van der Waals surface area (Å²) in [6, 6.07) is 5.90. The number of alkyl halides is 2. The van der Waals surface area contributed by atoms with Crippen molar-refractivity contribution in [1.82, 2.24) is 19.4 Å². The molecule has 39 heavy (non-hydrogen) atoms. The quantitative estimate of drug-likeness (QED) is 0.426. The second-order valence-electron chi connectivity index (χ2n) is 11.8. The van der Waals surface area contributed by atoms with Crippen molar-refractivity contribution in [2.75, 3.05) is 38.2 Å². The van der Waals surface area contributed by atoms with E-state index in [-0.39, 0.29) is 30.1 Å². The van der Waals surface area contributed by atoms with Crippen LogP contribution in [0.15, 0.2) is 29.2 Å². The largest absolute Gasteiger partial charge is 0.393 e. The Hall–Kier alpha value is -2.69. The highest BCUT2D eigenvalue weighted by Gasteiger charge is 2.41. The molecule has 3 fully saturated rings. The highest BCUT2D eigenvalue weighted by atomic mass is 19.3. The highest BCUT2D eigenvalue weighted by Crippen LogP contribution is 2.39. The van der Waals surface area contributed by atoms with Crippen molar-refractivity contribution in [3.05, 3.63) is 40.3 Å². The lowest BCUT2D eigenvalue weighted by Crippen LogP contribution is -2.50. The molecule has 10 heteroatoms. The molecule has 0 radical (unpaired) electrons. The molecule has 3 aliphatic rings. The molecule has 6 rings (SSSR count). The minimum atomic E-state index is -2.88. The molecule has 2 N–H and O–H groups in total. The van der Waals surface area contributed by atoms with Crippen molar-refractivity contribution >= 4 is 27.8 Å². The number of rotatable bonds is 7. The first-order chi connectivity index (χ1) is 18.8. The number of aliphatic hydroxyl groups is 1. The molecule has 1 saturated carbocycles. The van der Waals surface area contributed by atoms with Crippen molar-refractivity contribution in [3.8, 4) is 0 Å². The first-order valence-corrected chi connectivity index (χ1v) is 14.2. The Morgan fingerprint density at radius 1 is 1.13 bits per heavy atom. The maximum absolute atomic E-state index is 14.0. The summed E-state index contributed by atoms with van der Waals surface area (Å²) >= 11 is 0. The molecule has 210 valence electrons. The molecule has 2 saturated heterocycles. The molecular formula is C29H37F2N5O3. The van der Waals surface area contributed by atoms with Gasteiger partial charge in [0.1, 0.15) is 5.65 Å². The second kappa shape index (κ2) is 10.4. The number of halogens is 2. The number of piperidine rings is 1. The number of aliphatic hydroxyl groups excluding tert-OH is 1. The van der Waals surface area contributed by atoms with Crippen LogP contribution >= 0.6 is 0 Å². The molecule has 8 nitrogen and oxygen atoms in total. The van der Waals surface area contributed by atoms with E-state index in [0.717, 1.165) is 62.0 Å². The van der Waals surface area contributed by atoms with Crippen molar-refractivity contribution in [3.63, 3.8) is 0 Å². The zero-order valence-electron chi connectivity index (χ0n) is 22.5. The number of likely N-dealkylation sites (tertiary alicyclic amines) is 1. The van der Waals surface area contributed by atoms with Gasteiger partial charge in [-0.3, -0.25) is 14.3 Å². The maximum Gasteiger partial charge on any atom is 0.264 e. The monoisotopic (exact) mass is 541 g/mol. The van der Waals surface area contributed by atoms with Crippen LogP contribution in [0.5, 0.6) is 0 Å². The van der Waals surface area contributed by atoms with Crippen molar-refractivity contribution < 1.29 is 18.6 Å². The highest BCUT2D eigenvalue weighted by molar-refractivity contribution is 6.04. The average molecular weight is 542 g/mol. The standard InChI is InChI=1S/C29H37F2N5O3/c1-2-29(30,31)16-33-27-32-14-24-22-8-3-19(15-35-11-9-28(10-12-35)17-39-18-28)13-23(22)26(38)36(25(24)34-27)20-4-6-21(37)7-5-20/h3,8,13-14,20-21,37H,2,4-7,9-12,15-18H2,1H3,(H,32,33,34). The van der Waals surface area contributed by atoms with E-state index in [9.17, 15) is 18.7 Å². The molecule has 2 aromatic heterocycles. The number of hydrogen-bond acceptors (Lipinski definition) is 7. The van der Waals surface area contributed by atoms with Gasteiger partial charge in [0.15, 0.2) is 0 Å². The maximum atomic E-state index is 14.0. The zero-order chi connectivity index (χ0) is 27.2. The number of pyridine rings is 1. The van der Waals surface area contributed by atoms with Crippen molar-refractivity contribution in [1.29, 1.82) is 0 Å². The zero-order valence-corrected chi connectivity index (χ0v) is 22.5. The van der Waals surface area contributed by atoms with Gasteiger partial charge in [0.05, 0.1) is 25.9 Å². The number of benzene rings is 1. The van der Waals surface area contributed by atoms with Crippen molar-refractivity contribution in [2.45, 2.75) is 76.5 Å². The lowest BCUT2D eigenvalue weighted by atomic mass is 9.77. The first kappa shape index (κ1) is 26.5. The van der Waals surface area contributed by atoms with Gasteiger partial charge in [-0.1, -0.05) is 19.1 Å². The van der Waals surface area contributed by atoms with Gasteiger partial charge in [-0.2, -0.15) is 4.98 Å². The van der Waals surface area contributed by atoms with Gasteiger partial charge >= 0.3 is 0 Å². The number of nitrogens with one attached hydrogen (secondary N) is 1. The second-order valence-corrected chi connectivity index (χ2v) is 11.8. The summed E-state index contributed by atoms with van der Waals surface area (Å²) in [5, 5.41) is 14.8. The lowest BCUT2D eigenvalue weighted by Gasteiger charge is -2.47. The smallest absolute Gasteiger partial charge is 0.264 e. The molecule has 0 atom stereocenters. The number of anilines is 1. The van der Waals surface area contributed by atoms with Crippen LogP contribution in [-0.2, 0) is 11.3 Å². The summed E-state index contributed by atoms with van der Waals surface area (Å²) in [6.07, 6.45) is 5.79. The summed E-state index contributed by atoms with van der Waals surface area (Å²) in [5.74, 6) is -2.80. The fourth-order valence-corrected chi connectivity index (χ4v) is 6.27. The van der Waals surface area contributed by atoms with Crippen LogP contribution in [0.25, 0.3) is 21.8 Å². The van der Waals surface area contributed by atoms with Gasteiger partial charge < -0.3 is 15.2 Å². The fraction of sp³-hybridized carbons (Fsp3) is 0.621. The lowest BCUT2D eigenvalue weighted by molar-refractivity contribution is -0.140. The van der Waals surface area contributed by atoms with Crippen LogP contribution < -0.4 is 10.9 Å². The Balaban J connectivity index is 1.36. The predicted octanol–water partition coefficient (Wildman–Crippen LogP) is 4.49. The summed E-state index contributed by atoms with van der Waals surface area (Å²) in [4.78, 5) is 25.4. The van der Waals surface area contributed by atoms with E-state index in [0.29, 0.717) is 42.1 Å². The van der Waals surface area contributed by atoms with E-state index in [1.807, 2.05) is 12.1 Å². The van der Waals surface area contributed by atoms with Crippen LogP contribution in [0, 0.1) is 5.41 Å². The molecule has 0 bridgehead atoms. The van der Waals surface area contributed by atoms with Gasteiger partial charge in [-0.25, -0.2) is 13.8 Å². The molecule has 4 heterocycles. The number of fused-ring (bicyclic) bond motifs is 3. The Bertz CT molecular complexity index is 1410. The van der Waals surface area contributed by atoms with Crippen LogP contribution in [0.2, 0.25) is 0 Å². The predicted molar refractivity (Wildman–Crippen MR) is 146 cm³/mol. The van der Waals surface area contributed by atoms with Crippen LogP contribution in [0.3, 0.4) is 0 Å². The number of hydrogen-bond donors (Lipinski definition) is 2. The Kier molecular flexibility index (Phi) is 7.05. The average Bonchev–Trinajstić information content (AvgIpc) is 2.93. The number of aromatic nitrogens is 3. The van der Waals surface area contributed by atoms with Gasteiger partial charge in [0, 0.05) is 41.4 Å². The Labute approximate surface area is 226 Å². The van der Waals surface area contributed by atoms with Gasteiger partial charge in [0.25, 0.3) is 11.5 Å². The third-order valence-corrected chi connectivity index (χ3v) is 9.01. The van der Waals surface area contributed by atoms with Crippen molar-refractivity contribution in [2.24, 2.45) is 5.41 Å². The molecule has 1 aliphatic carbocycles. The van der Waals surface area contributed by atoms with Gasteiger partial charge in [-0.05, 0) is 68.6 Å². The van der Waals surface area contributed by atoms with E-state index < -0.39 is 12.5 Å². The van der Waals surface area contributed by atoms with E-state index in [1.165, 1.54) is 6.92 Å². The molecule has 1 aromatic carbocycles. The molecule has 2 aliphatic heterocycles. The minimum absolute atomic E-state index is 0.0790. The summed E-state index contributed by atoms with van der Waals surface area (Å²) in [5.41, 5.74) is 1.78. The molecular weight excluding hydrogens is 504 g/mol. The summed E-state index contributed by atoms with van der Waals surface area (Å²) in [6.45, 7) is 5.44. The first-order valence-electron chi connectivity index (χ1n) is 14.2. The van der Waals surface area contributed by atoms with Crippen LogP contribution in [0.1, 0.15) is 63.5 Å². The van der Waals surface area contributed by atoms with E-state index >= 15 is 0 Å². The van der Waals surface area contributed by atoms with Gasteiger partial charge in [0.2, 0.25) is 5.95 Å². The molecule has 0 unspecified atom stereocenters. The van der Waals surface area contributed by atoms with E-state index in [4.69, 9.17) is 4.74 Å². The van der Waals surface area contributed by atoms with Crippen LogP contribution in [0.4, 0.5) is 14.7 Å². The molecule has 3 aromatic rings. The normalized spacial score (nSPS) is 23.8. The van der Waals surface area contributed by atoms with E-state index in [1.54, 1.807) is 10.8 Å². The topological polar surface area (TPSA) is 92.5 Å². The number of nitrogens with zero attached hydrogens (tertiary/aromatic N) is 4. The van der Waals surface area contributed by atoms with Crippen LogP contribution in [-0.4, -0.2) is 69.4 Å². The number of ether oxygens (including phenoxy) is 1. The van der Waals surface area contributed by atoms with Gasteiger partial charge in [-0.15, -0.1) is 0 Å². The Morgan fingerprint density at radius 2 is 1.87 bits per heavy atom. The fourth-order valence-electron chi connectivity index (χ4n) is 6.27. The minimum Gasteiger partial charge on any atom is -0.393 e. The molecule has 0 amide bonds. The SMILES string of the molecule is CCC(F)(F)CNc1ncc2c3ccc(CN4CCC5(CC4)COC5)cc3c(=O)n(C3CCC(O)CC3)c2n1.